The van der Waals surface area contributed by atoms with E-state index in [1.54, 1.807) is 5.57 Å². The van der Waals surface area contributed by atoms with E-state index >= 15 is 0 Å². The molecule has 0 saturated heterocycles. The fourth-order valence-electron chi connectivity index (χ4n) is 1.34. The normalized spacial score (nSPS) is 19.2. The lowest BCUT2D eigenvalue weighted by molar-refractivity contribution is 0.494. The lowest BCUT2D eigenvalue weighted by Crippen LogP contribution is -2.07. The van der Waals surface area contributed by atoms with Gasteiger partial charge in [-0.1, -0.05) is 43.6 Å². The molecule has 0 spiro atoms. The Morgan fingerprint density at radius 1 is 1.18 bits per heavy atom. The Balaban J connectivity index is 2.80. The van der Waals surface area contributed by atoms with E-state index in [0.717, 1.165) is 0 Å². The third kappa shape index (κ3) is 1.74. The number of rotatable bonds is 0. The van der Waals surface area contributed by atoms with Crippen LogP contribution in [0.25, 0.3) is 0 Å². The second-order valence-electron chi connectivity index (χ2n) is 4.56. The molecule has 0 saturated carbocycles. The molecule has 0 heteroatoms. The molecule has 0 N–H and O–H groups in total. The van der Waals surface area contributed by atoms with Crippen LogP contribution in [0.15, 0.2) is 22.8 Å². The molecule has 0 aromatic carbocycles. The second kappa shape index (κ2) is 2.51. The summed E-state index contributed by atoms with van der Waals surface area (Å²) in [6, 6.07) is 0. The zero-order valence-corrected chi connectivity index (χ0v) is 8.28. The van der Waals surface area contributed by atoms with Crippen LogP contribution in [0.4, 0.5) is 0 Å². The third-order valence-corrected chi connectivity index (χ3v) is 2.48. The molecule has 1 aliphatic rings. The molecule has 0 aliphatic heterocycles. The highest BCUT2D eigenvalue weighted by molar-refractivity contribution is 5.38. The summed E-state index contributed by atoms with van der Waals surface area (Å²) in [6.45, 7) is 11.3. The van der Waals surface area contributed by atoms with Crippen molar-refractivity contribution in [1.82, 2.24) is 0 Å². The molecule has 62 valence electrons. The highest BCUT2D eigenvalue weighted by Crippen LogP contribution is 2.36. The Morgan fingerprint density at radius 2 is 1.73 bits per heavy atom. The molecule has 0 nitrogen and oxygen atoms in total. The first-order valence-corrected chi connectivity index (χ1v) is 4.28. The van der Waals surface area contributed by atoms with Gasteiger partial charge in [-0.3, -0.25) is 0 Å². The molecule has 0 radical (unpaired) electrons. The number of allylic oxidation sites excluding steroid dienone is 4. The van der Waals surface area contributed by atoms with Gasteiger partial charge in [-0.2, -0.15) is 0 Å². The van der Waals surface area contributed by atoms with Crippen molar-refractivity contribution in [2.45, 2.75) is 41.0 Å². The van der Waals surface area contributed by atoms with Gasteiger partial charge in [-0.15, -0.1) is 0 Å². The van der Waals surface area contributed by atoms with Gasteiger partial charge in [0.1, 0.15) is 0 Å². The molecule has 0 aromatic rings. The molecule has 1 aliphatic carbocycles. The van der Waals surface area contributed by atoms with Gasteiger partial charge in [0.2, 0.25) is 0 Å². The molecule has 1 rings (SSSR count). The third-order valence-electron chi connectivity index (χ3n) is 2.48. The SMILES string of the molecule is CC1=C(C)CC(C(C)(C)C)=C1. The van der Waals surface area contributed by atoms with Crippen molar-refractivity contribution in [3.8, 4) is 0 Å². The molecule has 0 heterocycles. The lowest BCUT2D eigenvalue weighted by atomic mass is 9.85. The van der Waals surface area contributed by atoms with E-state index in [-0.39, 0.29) is 0 Å². The Morgan fingerprint density at radius 3 is 1.91 bits per heavy atom. The van der Waals surface area contributed by atoms with Crippen molar-refractivity contribution in [2.24, 2.45) is 5.41 Å². The van der Waals surface area contributed by atoms with Gasteiger partial charge < -0.3 is 0 Å². The maximum Gasteiger partial charge on any atom is -0.00970 e. The Labute approximate surface area is 70.0 Å². The van der Waals surface area contributed by atoms with Gasteiger partial charge in [0.25, 0.3) is 0 Å². The largest absolute Gasteiger partial charge is 0.0663 e. The van der Waals surface area contributed by atoms with E-state index in [2.05, 4.69) is 40.7 Å². The van der Waals surface area contributed by atoms with Crippen molar-refractivity contribution in [1.29, 1.82) is 0 Å². The molecule has 0 bridgehead atoms. The summed E-state index contributed by atoms with van der Waals surface area (Å²) in [6.07, 6.45) is 3.53. The zero-order valence-electron chi connectivity index (χ0n) is 8.28. The van der Waals surface area contributed by atoms with Crippen molar-refractivity contribution in [2.75, 3.05) is 0 Å². The van der Waals surface area contributed by atoms with Crippen LogP contribution in [0.3, 0.4) is 0 Å². The van der Waals surface area contributed by atoms with E-state index in [9.17, 15) is 0 Å². The predicted octanol–water partition coefficient (Wildman–Crippen LogP) is 3.70. The molecule has 0 aromatic heterocycles. The predicted molar refractivity (Wildman–Crippen MR) is 50.5 cm³/mol. The van der Waals surface area contributed by atoms with Crippen LogP contribution in [0.1, 0.15) is 41.0 Å². The van der Waals surface area contributed by atoms with Crippen LogP contribution < -0.4 is 0 Å². The quantitative estimate of drug-likeness (QED) is 0.494. The Kier molecular flexibility index (Phi) is 1.96. The minimum Gasteiger partial charge on any atom is -0.0663 e. The molecular formula is C11H18. The Bertz CT molecular complexity index is 221. The van der Waals surface area contributed by atoms with E-state index in [1.165, 1.54) is 17.6 Å². The first-order valence-electron chi connectivity index (χ1n) is 4.28. The fourth-order valence-corrected chi connectivity index (χ4v) is 1.34. The monoisotopic (exact) mass is 150 g/mol. The van der Waals surface area contributed by atoms with Crippen LogP contribution in [0.2, 0.25) is 0 Å². The zero-order chi connectivity index (χ0) is 8.65. The summed E-state index contributed by atoms with van der Waals surface area (Å²) < 4.78 is 0. The highest BCUT2D eigenvalue weighted by Gasteiger charge is 2.20. The van der Waals surface area contributed by atoms with Gasteiger partial charge in [0.05, 0.1) is 0 Å². The topological polar surface area (TPSA) is 0 Å². The van der Waals surface area contributed by atoms with Gasteiger partial charge >= 0.3 is 0 Å². The van der Waals surface area contributed by atoms with Crippen LogP contribution in [0.5, 0.6) is 0 Å². The first-order chi connectivity index (χ1) is 4.91. The van der Waals surface area contributed by atoms with Gasteiger partial charge in [-0.25, -0.2) is 0 Å². The fraction of sp³-hybridized carbons (Fsp3) is 0.636. The molecule has 0 unspecified atom stereocenters. The smallest absolute Gasteiger partial charge is 0.00970 e. The van der Waals surface area contributed by atoms with Gasteiger partial charge in [-0.05, 0) is 25.7 Å². The van der Waals surface area contributed by atoms with Crippen LogP contribution >= 0.6 is 0 Å². The van der Waals surface area contributed by atoms with Crippen molar-refractivity contribution in [3.05, 3.63) is 22.8 Å². The standard InChI is InChI=1S/C11H18/c1-8-6-10(7-9(8)2)11(3,4)5/h6H,7H2,1-5H3. The van der Waals surface area contributed by atoms with Gasteiger partial charge in [0.15, 0.2) is 0 Å². The minimum absolute atomic E-state index is 0.360. The minimum atomic E-state index is 0.360. The molecule has 0 atom stereocenters. The summed E-state index contributed by atoms with van der Waals surface area (Å²) in [5.74, 6) is 0. The maximum atomic E-state index is 2.34. The molecular weight excluding hydrogens is 132 g/mol. The molecule has 11 heavy (non-hydrogen) atoms. The van der Waals surface area contributed by atoms with Gasteiger partial charge in [0, 0.05) is 0 Å². The van der Waals surface area contributed by atoms with Crippen molar-refractivity contribution >= 4 is 0 Å². The molecule has 0 fully saturated rings. The second-order valence-corrected chi connectivity index (χ2v) is 4.56. The van der Waals surface area contributed by atoms with E-state index in [0.29, 0.717) is 5.41 Å². The average Bonchev–Trinajstić information content (AvgIpc) is 2.11. The number of hydrogen-bond donors (Lipinski definition) is 0. The first kappa shape index (κ1) is 8.58. The lowest BCUT2D eigenvalue weighted by Gasteiger charge is -2.20. The van der Waals surface area contributed by atoms with E-state index < -0.39 is 0 Å². The summed E-state index contributed by atoms with van der Waals surface area (Å²) in [4.78, 5) is 0. The number of hydrogen-bond acceptors (Lipinski definition) is 0. The van der Waals surface area contributed by atoms with E-state index in [1.807, 2.05) is 0 Å². The average molecular weight is 150 g/mol. The van der Waals surface area contributed by atoms with Crippen molar-refractivity contribution < 1.29 is 0 Å². The van der Waals surface area contributed by atoms with Crippen molar-refractivity contribution in [3.63, 3.8) is 0 Å². The summed E-state index contributed by atoms with van der Waals surface area (Å²) in [5, 5.41) is 0. The molecule has 0 amide bonds. The summed E-state index contributed by atoms with van der Waals surface area (Å²) in [5.41, 5.74) is 4.94. The van der Waals surface area contributed by atoms with Crippen LogP contribution in [-0.4, -0.2) is 0 Å². The van der Waals surface area contributed by atoms with Crippen LogP contribution in [-0.2, 0) is 0 Å². The van der Waals surface area contributed by atoms with Crippen LogP contribution in [0, 0.1) is 5.41 Å². The Hall–Kier alpha value is -0.520. The summed E-state index contributed by atoms with van der Waals surface area (Å²) >= 11 is 0. The highest BCUT2D eigenvalue weighted by atomic mass is 14.3. The van der Waals surface area contributed by atoms with E-state index in [4.69, 9.17) is 0 Å². The maximum absolute atomic E-state index is 2.34. The summed E-state index contributed by atoms with van der Waals surface area (Å²) in [7, 11) is 0.